The number of amides is 1. The van der Waals surface area contributed by atoms with Gasteiger partial charge in [-0.15, -0.1) is 6.58 Å². The van der Waals surface area contributed by atoms with Gasteiger partial charge in [0.25, 0.3) is 5.91 Å². The number of fused-ring (bicyclic) bond motifs is 1. The van der Waals surface area contributed by atoms with Crippen molar-refractivity contribution in [3.05, 3.63) is 102 Å². The molecule has 0 aliphatic carbocycles. The molecule has 188 valence electrons. The minimum Gasteiger partial charge on any atom is -0.457 e. The summed E-state index contributed by atoms with van der Waals surface area (Å²) in [6.07, 6.45) is 3.64. The number of nitrogens with two attached hydrogens (primary N) is 1. The highest BCUT2D eigenvalue weighted by Crippen LogP contribution is 2.26. The lowest BCUT2D eigenvalue weighted by atomic mass is 10.1. The third-order valence-electron chi connectivity index (χ3n) is 4.82. The molecule has 0 spiro atoms. The number of nitrogen functional groups attached to an aromatic ring is 1. The second kappa shape index (κ2) is 14.5. The van der Waals surface area contributed by atoms with E-state index in [0.717, 1.165) is 29.4 Å². The molecule has 6 heteroatoms. The van der Waals surface area contributed by atoms with Crippen LogP contribution in [0.4, 0.5) is 11.4 Å². The summed E-state index contributed by atoms with van der Waals surface area (Å²) in [5.74, 6) is 1.09. The van der Waals surface area contributed by atoms with Crippen LogP contribution in [0, 0.1) is 0 Å². The first-order valence-corrected chi connectivity index (χ1v) is 12.4. The van der Waals surface area contributed by atoms with Gasteiger partial charge in [0.2, 0.25) is 0 Å². The van der Waals surface area contributed by atoms with Crippen LogP contribution >= 0.6 is 11.6 Å². The molecule has 3 aromatic carbocycles. The summed E-state index contributed by atoms with van der Waals surface area (Å²) in [5, 5.41) is 4.38. The number of hydrogen-bond donors (Lipinski definition) is 2. The molecule has 4 rings (SSSR count). The van der Waals surface area contributed by atoms with Crippen LogP contribution in [0.1, 0.15) is 50.2 Å². The molecule has 36 heavy (non-hydrogen) atoms. The van der Waals surface area contributed by atoms with Crippen molar-refractivity contribution < 1.29 is 9.53 Å². The van der Waals surface area contributed by atoms with Crippen LogP contribution in [-0.4, -0.2) is 10.9 Å². The molecule has 0 saturated heterocycles. The molecule has 0 saturated carbocycles. The fraction of sp³-hybridized carbons (Fsp3) is 0.200. The molecule has 0 aliphatic rings. The number of halogens is 1. The van der Waals surface area contributed by atoms with Gasteiger partial charge in [0.15, 0.2) is 0 Å². The molecule has 1 amide bonds. The van der Waals surface area contributed by atoms with Crippen molar-refractivity contribution >= 4 is 39.8 Å². The zero-order valence-corrected chi connectivity index (χ0v) is 22.1. The highest BCUT2D eigenvalue weighted by Gasteiger charge is 2.09. The first kappa shape index (κ1) is 28.4. The Bertz CT molecular complexity index is 1270. The number of benzene rings is 3. The first-order chi connectivity index (χ1) is 17.4. The predicted molar refractivity (Wildman–Crippen MR) is 153 cm³/mol. The van der Waals surface area contributed by atoms with E-state index < -0.39 is 0 Å². The van der Waals surface area contributed by atoms with E-state index in [1.807, 2.05) is 45.0 Å². The predicted octanol–water partition coefficient (Wildman–Crippen LogP) is 8.69. The Kier molecular flexibility index (Phi) is 11.5. The molecule has 0 atom stereocenters. The Morgan fingerprint density at radius 3 is 2.19 bits per heavy atom. The minimum atomic E-state index is -0.216. The number of carbonyl (C=O) groups excluding carboxylic acids is 1. The number of anilines is 2. The average molecular weight is 504 g/mol. The fourth-order valence-corrected chi connectivity index (χ4v) is 3.41. The summed E-state index contributed by atoms with van der Waals surface area (Å²) in [6, 6.07) is 21.5. The maximum absolute atomic E-state index is 12.7. The molecular formula is C30H34ClN3O2. The maximum atomic E-state index is 12.7. The topological polar surface area (TPSA) is 77.2 Å². The second-order valence-corrected chi connectivity index (χ2v) is 8.06. The van der Waals surface area contributed by atoms with Gasteiger partial charge in [-0.1, -0.05) is 44.9 Å². The van der Waals surface area contributed by atoms with Gasteiger partial charge in [0.1, 0.15) is 11.5 Å². The number of aromatic nitrogens is 1. The minimum absolute atomic E-state index is 0.216. The van der Waals surface area contributed by atoms with Gasteiger partial charge >= 0.3 is 0 Å². The summed E-state index contributed by atoms with van der Waals surface area (Å²) in [5.41, 5.74) is 9.86. The average Bonchev–Trinajstić information content (AvgIpc) is 2.88. The standard InChI is InChI=1S/C25H22ClN3O2.C3H6.C2H6/c1-2-3-18-15-23(27)22-14-19(8-13-24(22)28-18)29-25(30)16-4-9-20(10-5-16)31-21-11-6-17(26)7-12-21;1-3-2;1-2/h4-15H,2-3H2,1H3,(H2,27,28)(H,29,30);3H,1H2,2H3;1-2H3. The molecule has 4 aromatic rings. The first-order valence-electron chi connectivity index (χ1n) is 12.0. The van der Waals surface area contributed by atoms with E-state index in [1.165, 1.54) is 0 Å². The normalized spacial score (nSPS) is 9.81. The fourth-order valence-electron chi connectivity index (χ4n) is 3.29. The summed E-state index contributed by atoms with van der Waals surface area (Å²) in [6.45, 7) is 11.4. The third kappa shape index (κ3) is 8.14. The van der Waals surface area contributed by atoms with Gasteiger partial charge in [0.05, 0.1) is 5.52 Å². The zero-order chi connectivity index (χ0) is 26.5. The molecular weight excluding hydrogens is 470 g/mol. The third-order valence-corrected chi connectivity index (χ3v) is 5.08. The highest BCUT2D eigenvalue weighted by molar-refractivity contribution is 6.30. The number of carbonyl (C=O) groups is 1. The number of aryl methyl sites for hydroxylation is 1. The van der Waals surface area contributed by atoms with Gasteiger partial charge < -0.3 is 15.8 Å². The zero-order valence-electron chi connectivity index (χ0n) is 21.3. The van der Waals surface area contributed by atoms with Crippen LogP contribution in [-0.2, 0) is 6.42 Å². The van der Waals surface area contributed by atoms with Crippen molar-refractivity contribution in [3.63, 3.8) is 0 Å². The maximum Gasteiger partial charge on any atom is 0.255 e. The van der Waals surface area contributed by atoms with Gasteiger partial charge in [0, 0.05) is 33.0 Å². The SMILES string of the molecule is C=CC.CC.CCCc1cc(N)c2cc(NC(=O)c3ccc(Oc4ccc(Cl)cc4)cc3)ccc2n1. The van der Waals surface area contributed by atoms with Crippen LogP contribution in [0.15, 0.2) is 85.5 Å². The number of allylic oxidation sites excluding steroid dienone is 1. The largest absolute Gasteiger partial charge is 0.457 e. The summed E-state index contributed by atoms with van der Waals surface area (Å²) in [7, 11) is 0. The van der Waals surface area contributed by atoms with Crippen LogP contribution in [0.25, 0.3) is 10.9 Å². The number of nitrogens with one attached hydrogen (secondary N) is 1. The molecule has 3 N–H and O–H groups in total. The Labute approximate surface area is 219 Å². The molecule has 5 nitrogen and oxygen atoms in total. The lowest BCUT2D eigenvalue weighted by Crippen LogP contribution is -2.11. The van der Waals surface area contributed by atoms with E-state index in [9.17, 15) is 4.79 Å². The van der Waals surface area contributed by atoms with E-state index in [1.54, 1.807) is 54.6 Å². The number of nitrogens with zero attached hydrogens (tertiary/aromatic N) is 1. The number of rotatable bonds is 6. The van der Waals surface area contributed by atoms with E-state index in [4.69, 9.17) is 22.1 Å². The van der Waals surface area contributed by atoms with Crippen molar-refractivity contribution in [1.29, 1.82) is 0 Å². The van der Waals surface area contributed by atoms with Crippen molar-refractivity contribution in [2.45, 2.75) is 40.5 Å². The summed E-state index contributed by atoms with van der Waals surface area (Å²) >= 11 is 5.89. The Morgan fingerprint density at radius 2 is 1.61 bits per heavy atom. The van der Waals surface area contributed by atoms with Crippen LogP contribution in [0.5, 0.6) is 11.5 Å². The molecule has 1 heterocycles. The lowest BCUT2D eigenvalue weighted by molar-refractivity contribution is 0.102. The summed E-state index contributed by atoms with van der Waals surface area (Å²) in [4.78, 5) is 17.3. The van der Waals surface area contributed by atoms with Crippen molar-refractivity contribution in [2.75, 3.05) is 11.1 Å². The second-order valence-electron chi connectivity index (χ2n) is 7.63. The number of ether oxygens (including phenoxy) is 1. The molecule has 1 aromatic heterocycles. The number of hydrogen-bond acceptors (Lipinski definition) is 4. The van der Waals surface area contributed by atoms with Gasteiger partial charge in [-0.05, 0) is 86.1 Å². The molecule has 0 fully saturated rings. The van der Waals surface area contributed by atoms with E-state index in [2.05, 4.69) is 23.8 Å². The molecule has 0 unspecified atom stereocenters. The van der Waals surface area contributed by atoms with Gasteiger partial charge in [-0.2, -0.15) is 0 Å². The monoisotopic (exact) mass is 503 g/mol. The molecule has 0 radical (unpaired) electrons. The molecule has 0 aliphatic heterocycles. The quantitative estimate of drug-likeness (QED) is 0.258. The number of pyridine rings is 1. The highest BCUT2D eigenvalue weighted by atomic mass is 35.5. The lowest BCUT2D eigenvalue weighted by Gasteiger charge is -2.10. The van der Waals surface area contributed by atoms with Gasteiger partial charge in [-0.3, -0.25) is 9.78 Å². The van der Waals surface area contributed by atoms with Crippen molar-refractivity contribution in [2.24, 2.45) is 0 Å². The smallest absolute Gasteiger partial charge is 0.255 e. The van der Waals surface area contributed by atoms with Crippen LogP contribution < -0.4 is 15.8 Å². The molecule has 0 bridgehead atoms. The van der Waals surface area contributed by atoms with Gasteiger partial charge in [-0.25, -0.2) is 0 Å². The van der Waals surface area contributed by atoms with Crippen molar-refractivity contribution in [3.8, 4) is 11.5 Å². The summed E-state index contributed by atoms with van der Waals surface area (Å²) < 4.78 is 5.76. The van der Waals surface area contributed by atoms with E-state index in [0.29, 0.717) is 33.5 Å². The van der Waals surface area contributed by atoms with E-state index in [-0.39, 0.29) is 5.91 Å². The van der Waals surface area contributed by atoms with E-state index >= 15 is 0 Å². The van der Waals surface area contributed by atoms with Crippen molar-refractivity contribution in [1.82, 2.24) is 4.98 Å². The Balaban J connectivity index is 0.000000850. The van der Waals surface area contributed by atoms with Crippen LogP contribution in [0.2, 0.25) is 5.02 Å². The van der Waals surface area contributed by atoms with Crippen LogP contribution in [0.3, 0.4) is 0 Å². The Morgan fingerprint density at radius 1 is 1.03 bits per heavy atom. The Hall–Kier alpha value is -3.83.